The second-order valence-electron chi connectivity index (χ2n) is 17.2. The summed E-state index contributed by atoms with van der Waals surface area (Å²) in [5.41, 5.74) is 6.05. The van der Waals surface area contributed by atoms with Crippen LogP contribution in [0.25, 0.3) is 16.5 Å². The second kappa shape index (κ2) is 17.7. The van der Waals surface area contributed by atoms with Crippen LogP contribution in [0, 0.1) is 35.0 Å². The van der Waals surface area contributed by atoms with Crippen LogP contribution >= 0.6 is 0 Å². The van der Waals surface area contributed by atoms with E-state index in [2.05, 4.69) is 29.0 Å². The molecule has 2 bridgehead atoms. The summed E-state index contributed by atoms with van der Waals surface area (Å²) in [4.78, 5) is 31.8. The van der Waals surface area contributed by atoms with Crippen molar-refractivity contribution in [1.29, 1.82) is 0 Å². The maximum Gasteiger partial charge on any atom is 0.318 e. The number of aliphatic hydroxyl groups is 3. The van der Waals surface area contributed by atoms with Gasteiger partial charge in [-0.3, -0.25) is 9.59 Å². The van der Waals surface area contributed by atoms with Crippen LogP contribution in [0.4, 0.5) is 0 Å². The number of H-pyrrole nitrogens is 1. The molecule has 11 nitrogen and oxygen atoms in total. The van der Waals surface area contributed by atoms with E-state index < -0.39 is 18.2 Å². The number of hydrogen-bond acceptors (Lipinski definition) is 10. The fourth-order valence-corrected chi connectivity index (χ4v) is 11.0. The molecular formula is C49H55NO10. The summed E-state index contributed by atoms with van der Waals surface area (Å²) in [6.45, 7) is -0.194. The zero-order valence-corrected chi connectivity index (χ0v) is 34.1. The number of phenolic OH excluding ortho intramolecular Hbond substituents is 2. The molecule has 3 aliphatic carbocycles. The van der Waals surface area contributed by atoms with Crippen LogP contribution in [0.1, 0.15) is 98.1 Å². The molecule has 1 aliphatic heterocycles. The normalized spacial score (nSPS) is 24.3. The van der Waals surface area contributed by atoms with Gasteiger partial charge in [0.05, 0.1) is 25.5 Å². The number of aromatic hydroxyl groups is 2. The van der Waals surface area contributed by atoms with Crippen LogP contribution in [-0.2, 0) is 27.2 Å². The number of carbonyl (C=O) groups excluding carboxylic acids is 2. The lowest BCUT2D eigenvalue weighted by Crippen LogP contribution is -2.42. The number of hydrogen-bond donors (Lipinski definition) is 6. The molecule has 316 valence electrons. The van der Waals surface area contributed by atoms with E-state index in [0.29, 0.717) is 24.2 Å². The van der Waals surface area contributed by atoms with E-state index in [0.717, 1.165) is 77.4 Å². The SMILES string of the molecule is COc1cc2c(cc1O)C1=C[C@H]3CC4(CCCC4)[C@H](CCO)C[C@@H]3[C@@H]2CC(=O)C[C@@H]([C@H](O)Cc2ccc(O)c(OCCO)c2)OC(=O)CC#CCc2c1[nH]c1ccccc21. The molecule has 11 heteroatoms. The number of benzene rings is 3. The largest absolute Gasteiger partial charge is 0.504 e. The maximum atomic E-state index is 14.7. The molecule has 6 N–H and O–H groups in total. The number of rotatable bonds is 9. The number of methoxy groups -OCH3 is 1. The van der Waals surface area contributed by atoms with E-state index >= 15 is 0 Å². The summed E-state index contributed by atoms with van der Waals surface area (Å²) in [6.07, 6.45) is 6.71. The van der Waals surface area contributed by atoms with E-state index in [9.17, 15) is 35.1 Å². The Morgan fingerprint density at radius 1 is 0.950 bits per heavy atom. The molecule has 0 saturated heterocycles. The molecule has 0 radical (unpaired) electrons. The number of carbonyl (C=O) groups is 2. The summed E-state index contributed by atoms with van der Waals surface area (Å²) >= 11 is 0. The first kappa shape index (κ1) is 41.5. The smallest absolute Gasteiger partial charge is 0.318 e. The highest BCUT2D eigenvalue weighted by Crippen LogP contribution is 2.61. The monoisotopic (exact) mass is 817 g/mol. The molecule has 0 unspecified atom stereocenters. The van der Waals surface area contributed by atoms with Crippen molar-refractivity contribution in [2.45, 2.75) is 95.2 Å². The summed E-state index contributed by atoms with van der Waals surface area (Å²) < 4.78 is 17.1. The number of allylic oxidation sites excluding steroid dienone is 1. The summed E-state index contributed by atoms with van der Waals surface area (Å²) in [5.74, 6) is 5.64. The fraction of sp³-hybridized carbons (Fsp3) is 0.469. The van der Waals surface area contributed by atoms with E-state index in [4.69, 9.17) is 14.2 Å². The maximum absolute atomic E-state index is 14.7. The number of Topliss-reactive ketones (excluding diaryl/α,β-unsaturated/α-hetero) is 1. The van der Waals surface area contributed by atoms with Gasteiger partial charge in [-0.1, -0.05) is 55.0 Å². The van der Waals surface area contributed by atoms with Gasteiger partial charge in [-0.15, -0.1) is 0 Å². The zero-order chi connectivity index (χ0) is 42.0. The summed E-state index contributed by atoms with van der Waals surface area (Å²) in [6, 6.07) is 16.3. The molecule has 1 aromatic heterocycles. The van der Waals surface area contributed by atoms with Crippen molar-refractivity contribution in [3.05, 3.63) is 88.6 Å². The number of para-hydroxylation sites is 1. The lowest BCUT2D eigenvalue weighted by Gasteiger charge is -2.50. The average Bonchev–Trinajstić information content (AvgIpc) is 3.83. The van der Waals surface area contributed by atoms with Crippen molar-refractivity contribution in [2.24, 2.45) is 23.2 Å². The zero-order valence-electron chi connectivity index (χ0n) is 34.1. The number of aromatic nitrogens is 1. The van der Waals surface area contributed by atoms with Crippen LogP contribution in [0.5, 0.6) is 23.0 Å². The highest BCUT2D eigenvalue weighted by Gasteiger charge is 2.51. The topological polar surface area (TPSA) is 179 Å². The van der Waals surface area contributed by atoms with Crippen molar-refractivity contribution in [2.75, 3.05) is 26.9 Å². The minimum Gasteiger partial charge on any atom is -0.504 e. The Hall–Kier alpha value is -5.28. The number of fused-ring (bicyclic) bond motifs is 6. The van der Waals surface area contributed by atoms with Crippen molar-refractivity contribution in [3.8, 4) is 34.8 Å². The number of ketones is 1. The molecule has 4 aliphatic rings. The number of esters is 1. The third-order valence-electron chi connectivity index (χ3n) is 13.7. The van der Waals surface area contributed by atoms with Crippen LogP contribution in [-0.4, -0.2) is 81.4 Å². The molecule has 2 saturated carbocycles. The molecule has 4 aromatic rings. The molecule has 60 heavy (non-hydrogen) atoms. The van der Waals surface area contributed by atoms with Gasteiger partial charge in [-0.2, -0.15) is 0 Å². The third kappa shape index (κ3) is 8.25. The Kier molecular flexibility index (Phi) is 12.3. The Labute approximate surface area is 350 Å². The number of aromatic amines is 1. The van der Waals surface area contributed by atoms with Crippen LogP contribution in [0.3, 0.4) is 0 Å². The molecule has 8 rings (SSSR count). The Bertz CT molecular complexity index is 2330. The quantitative estimate of drug-likeness (QED) is 0.0770. The van der Waals surface area contributed by atoms with Gasteiger partial charge in [0.25, 0.3) is 0 Å². The second-order valence-corrected chi connectivity index (χ2v) is 17.2. The van der Waals surface area contributed by atoms with E-state index in [1.807, 2.05) is 24.3 Å². The van der Waals surface area contributed by atoms with E-state index in [1.165, 1.54) is 13.2 Å². The summed E-state index contributed by atoms with van der Waals surface area (Å²) in [5, 5.41) is 54.1. The van der Waals surface area contributed by atoms with Gasteiger partial charge >= 0.3 is 5.97 Å². The highest BCUT2D eigenvalue weighted by atomic mass is 16.6. The van der Waals surface area contributed by atoms with E-state index in [1.54, 1.807) is 18.2 Å². The number of phenols is 2. The number of nitrogens with one attached hydrogen (secondary N) is 1. The first-order valence-corrected chi connectivity index (χ1v) is 21.4. The minimum absolute atomic E-state index is 0.00853. The van der Waals surface area contributed by atoms with Gasteiger partial charge in [0, 0.05) is 48.8 Å². The van der Waals surface area contributed by atoms with Gasteiger partial charge < -0.3 is 44.7 Å². The van der Waals surface area contributed by atoms with Crippen LogP contribution < -0.4 is 9.47 Å². The molecule has 2 heterocycles. The predicted molar refractivity (Wildman–Crippen MR) is 226 cm³/mol. The van der Waals surface area contributed by atoms with Crippen molar-refractivity contribution < 1.29 is 49.3 Å². The molecule has 2 fully saturated rings. The minimum atomic E-state index is -1.29. The third-order valence-corrected chi connectivity index (χ3v) is 13.7. The van der Waals surface area contributed by atoms with Gasteiger partial charge in [-0.05, 0) is 114 Å². The highest BCUT2D eigenvalue weighted by molar-refractivity contribution is 5.94. The lowest BCUT2D eigenvalue weighted by molar-refractivity contribution is -0.155. The molecular weight excluding hydrogens is 763 g/mol. The Balaban J connectivity index is 1.26. The summed E-state index contributed by atoms with van der Waals surface area (Å²) in [7, 11) is 1.52. The molecule has 0 amide bonds. The molecule has 3 aromatic carbocycles. The molecule has 6 atom stereocenters. The first-order chi connectivity index (χ1) is 29.1. The lowest BCUT2D eigenvalue weighted by atomic mass is 9.55. The fourth-order valence-electron chi connectivity index (χ4n) is 11.0. The average molecular weight is 818 g/mol. The number of ether oxygens (including phenoxy) is 3. The van der Waals surface area contributed by atoms with Crippen molar-refractivity contribution in [3.63, 3.8) is 0 Å². The van der Waals surface area contributed by atoms with Gasteiger partial charge in [-0.25, -0.2) is 0 Å². The van der Waals surface area contributed by atoms with Gasteiger partial charge in [0.2, 0.25) is 0 Å². The van der Waals surface area contributed by atoms with Gasteiger partial charge in [0.15, 0.2) is 23.0 Å². The van der Waals surface area contributed by atoms with Crippen molar-refractivity contribution >= 4 is 28.2 Å². The van der Waals surface area contributed by atoms with Gasteiger partial charge in [0.1, 0.15) is 24.9 Å². The first-order valence-electron chi connectivity index (χ1n) is 21.4. The predicted octanol–water partition coefficient (Wildman–Crippen LogP) is 6.89. The van der Waals surface area contributed by atoms with E-state index in [-0.39, 0.29) is 97.6 Å². The van der Waals surface area contributed by atoms with Crippen LogP contribution in [0.2, 0.25) is 0 Å². The molecule has 1 spiro atoms. The Morgan fingerprint density at radius 3 is 2.53 bits per heavy atom. The Morgan fingerprint density at radius 2 is 1.75 bits per heavy atom. The van der Waals surface area contributed by atoms with Crippen LogP contribution in [0.15, 0.2) is 60.7 Å². The standard InChI is InChI=1S/C49H55NO10/c1-58-44-27-38-36-24-32(53)25-46(42(55)20-29-12-13-41(54)45(21-29)59-19-18-52)60-47(57)11-5-3-9-34-33-8-2-4-10-40(33)50-48(34)39(37(38)26-43(44)56)22-30-28-49(15-6-7-16-49)31(14-17-51)23-35(30)36/h2,4,8,10,12-13,21-22,26-27,30-31,35-36,42,46,50-52,54-56H,6-7,9,11,14-20,23-25,28H2,1H3/t30-,31+,35-,36-,42+,46-/m0/s1. The number of cyclic esters (lactones) is 1. The number of aliphatic hydroxyl groups excluding tert-OH is 3. The van der Waals surface area contributed by atoms with Crippen molar-refractivity contribution in [1.82, 2.24) is 4.98 Å².